The average Bonchev–Trinajstić information content (AvgIpc) is 2.83. The molecule has 2 heterocycles. The van der Waals surface area contributed by atoms with E-state index in [2.05, 4.69) is 28.2 Å². The van der Waals surface area contributed by atoms with Gasteiger partial charge in [0.25, 0.3) is 11.5 Å². The van der Waals surface area contributed by atoms with Gasteiger partial charge in [0.05, 0.1) is 11.2 Å². The Kier molecular flexibility index (Phi) is 9.50. The van der Waals surface area contributed by atoms with Gasteiger partial charge in [-0.25, -0.2) is 0 Å². The minimum absolute atomic E-state index is 0.138. The van der Waals surface area contributed by atoms with Gasteiger partial charge in [-0.1, -0.05) is 6.07 Å². The molecule has 208 valence electrons. The highest BCUT2D eigenvalue weighted by molar-refractivity contribution is 6.47. The summed E-state index contributed by atoms with van der Waals surface area (Å²) in [5, 5.41) is 13.5. The summed E-state index contributed by atoms with van der Waals surface area (Å²) in [6.45, 7) is 17.4. The molecule has 0 bridgehead atoms. The molecule has 0 spiro atoms. The molecule has 1 amide bonds. The number of nitrogens with zero attached hydrogens (tertiary/aromatic N) is 1. The van der Waals surface area contributed by atoms with Gasteiger partial charge in [-0.15, -0.1) is 0 Å². The second kappa shape index (κ2) is 12.1. The first-order valence-corrected chi connectivity index (χ1v) is 13.6. The summed E-state index contributed by atoms with van der Waals surface area (Å²) in [6, 6.07) is 6.18. The highest BCUT2D eigenvalue weighted by atomic mass is 16.5. The van der Waals surface area contributed by atoms with Gasteiger partial charge in [-0.05, 0) is 97.0 Å². The topological polar surface area (TPSA) is 104 Å². The summed E-state index contributed by atoms with van der Waals surface area (Å²) in [5.74, 6) is -0.241. The Balaban J connectivity index is 1.97. The minimum Gasteiger partial charge on any atom is -0.427 e. The van der Waals surface area contributed by atoms with E-state index in [1.807, 2.05) is 46.8 Å². The molecule has 1 aliphatic heterocycles. The molecule has 1 fully saturated rings. The number of ether oxygens (including phenoxy) is 1. The van der Waals surface area contributed by atoms with Crippen molar-refractivity contribution in [1.29, 1.82) is 0 Å². The highest BCUT2D eigenvalue weighted by Gasteiger charge is 2.36. The second-order valence-electron chi connectivity index (χ2n) is 11.4. The third kappa shape index (κ3) is 6.87. The highest BCUT2D eigenvalue weighted by Crippen LogP contribution is 2.29. The number of benzene rings is 1. The third-order valence-corrected chi connectivity index (χ3v) is 7.96. The van der Waals surface area contributed by atoms with Gasteiger partial charge in [-0.2, -0.15) is 0 Å². The Morgan fingerprint density at radius 3 is 2.42 bits per heavy atom. The molecule has 0 aliphatic carbocycles. The van der Waals surface area contributed by atoms with E-state index in [1.54, 1.807) is 13.8 Å². The Morgan fingerprint density at radius 1 is 1.18 bits per heavy atom. The van der Waals surface area contributed by atoms with Gasteiger partial charge in [0.1, 0.15) is 0 Å². The van der Waals surface area contributed by atoms with Gasteiger partial charge in [0, 0.05) is 54.9 Å². The standard InChI is InChI=1S/C29H44BN3O5/c1-9-33(22-10-12-37-13-11-22)25-16-21(30-38-29(7,8)28(5,6)36)15-23(20(25)4)26(34)31-17-24-18(2)14-19(3)32-27(24)35/h14-16,22,30,36H,9-13,17H2,1-8H3,(H,31,34)(H,32,35). The van der Waals surface area contributed by atoms with Crippen molar-refractivity contribution in [3.8, 4) is 0 Å². The van der Waals surface area contributed by atoms with Gasteiger partial charge < -0.3 is 29.7 Å². The number of carbonyl (C=O) groups excluding carboxylic acids is 1. The van der Waals surface area contributed by atoms with Crippen LogP contribution in [0.1, 0.15) is 80.2 Å². The van der Waals surface area contributed by atoms with Crippen LogP contribution in [0.25, 0.3) is 0 Å². The van der Waals surface area contributed by atoms with E-state index in [9.17, 15) is 14.7 Å². The van der Waals surface area contributed by atoms with Crippen LogP contribution in [0, 0.1) is 20.8 Å². The summed E-state index contributed by atoms with van der Waals surface area (Å²) >= 11 is 0. The zero-order chi connectivity index (χ0) is 28.3. The van der Waals surface area contributed by atoms with Gasteiger partial charge >= 0.3 is 7.48 Å². The molecule has 3 N–H and O–H groups in total. The normalized spacial score (nSPS) is 14.9. The van der Waals surface area contributed by atoms with Crippen LogP contribution < -0.4 is 21.2 Å². The first-order valence-electron chi connectivity index (χ1n) is 13.6. The van der Waals surface area contributed by atoms with Crippen LogP contribution in [0.2, 0.25) is 0 Å². The quantitative estimate of drug-likeness (QED) is 0.413. The van der Waals surface area contributed by atoms with Crippen LogP contribution in [-0.4, -0.2) is 60.5 Å². The smallest absolute Gasteiger partial charge is 0.309 e. The van der Waals surface area contributed by atoms with E-state index in [0.29, 0.717) is 17.2 Å². The van der Waals surface area contributed by atoms with Crippen LogP contribution in [0.4, 0.5) is 5.69 Å². The Morgan fingerprint density at radius 2 is 1.84 bits per heavy atom. The van der Waals surface area contributed by atoms with Crippen molar-refractivity contribution >= 4 is 24.5 Å². The zero-order valence-electron chi connectivity index (χ0n) is 24.3. The molecule has 0 atom stereocenters. The van der Waals surface area contributed by atoms with Crippen molar-refractivity contribution in [2.75, 3.05) is 24.7 Å². The number of rotatable bonds is 10. The lowest BCUT2D eigenvalue weighted by molar-refractivity contribution is -0.0893. The summed E-state index contributed by atoms with van der Waals surface area (Å²) in [6.07, 6.45) is 1.85. The van der Waals surface area contributed by atoms with E-state index in [-0.39, 0.29) is 25.5 Å². The molecule has 0 saturated carbocycles. The fourth-order valence-electron chi connectivity index (χ4n) is 4.80. The largest absolute Gasteiger partial charge is 0.427 e. The van der Waals surface area contributed by atoms with Crippen molar-refractivity contribution in [1.82, 2.24) is 10.3 Å². The van der Waals surface area contributed by atoms with E-state index >= 15 is 0 Å². The molecular formula is C29H44BN3O5. The average molecular weight is 525 g/mol. The number of amides is 1. The molecule has 1 saturated heterocycles. The maximum atomic E-state index is 13.5. The Bertz CT molecular complexity index is 1200. The lowest BCUT2D eigenvalue weighted by Crippen LogP contribution is -2.49. The van der Waals surface area contributed by atoms with E-state index in [0.717, 1.165) is 60.6 Å². The number of aromatic amines is 1. The predicted octanol–water partition coefficient (Wildman–Crippen LogP) is 2.78. The molecule has 3 rings (SSSR count). The molecule has 0 radical (unpaired) electrons. The Labute approximate surface area is 227 Å². The number of aliphatic hydroxyl groups is 1. The number of pyridine rings is 1. The zero-order valence-corrected chi connectivity index (χ0v) is 24.3. The van der Waals surface area contributed by atoms with Crippen LogP contribution in [-0.2, 0) is 15.9 Å². The fourth-order valence-corrected chi connectivity index (χ4v) is 4.80. The number of aromatic nitrogens is 1. The summed E-state index contributed by atoms with van der Waals surface area (Å²) in [7, 11) is 0.243. The van der Waals surface area contributed by atoms with Crippen LogP contribution in [0.5, 0.6) is 0 Å². The first-order chi connectivity index (χ1) is 17.7. The number of hydrogen-bond acceptors (Lipinski definition) is 6. The van der Waals surface area contributed by atoms with Crippen LogP contribution >= 0.6 is 0 Å². The van der Waals surface area contributed by atoms with Gasteiger partial charge in [-0.3, -0.25) is 9.59 Å². The van der Waals surface area contributed by atoms with E-state index in [1.165, 1.54) is 0 Å². The third-order valence-electron chi connectivity index (χ3n) is 7.96. The molecule has 0 unspecified atom stereocenters. The van der Waals surface area contributed by atoms with E-state index in [4.69, 9.17) is 9.39 Å². The number of hydrogen-bond donors (Lipinski definition) is 3. The van der Waals surface area contributed by atoms with Crippen molar-refractivity contribution in [3.05, 3.63) is 56.5 Å². The van der Waals surface area contributed by atoms with Crippen molar-refractivity contribution in [2.45, 2.75) is 92.0 Å². The minimum atomic E-state index is -1.04. The molecule has 9 heteroatoms. The maximum absolute atomic E-state index is 13.5. The summed E-state index contributed by atoms with van der Waals surface area (Å²) < 4.78 is 11.8. The molecular weight excluding hydrogens is 481 g/mol. The Hall–Kier alpha value is -2.62. The summed E-state index contributed by atoms with van der Waals surface area (Å²) in [4.78, 5) is 31.2. The van der Waals surface area contributed by atoms with Crippen molar-refractivity contribution in [3.63, 3.8) is 0 Å². The van der Waals surface area contributed by atoms with Gasteiger partial charge in [0.15, 0.2) is 0 Å². The lowest BCUT2D eigenvalue weighted by atomic mass is 9.80. The number of nitrogens with one attached hydrogen (secondary N) is 2. The molecule has 1 aliphatic rings. The van der Waals surface area contributed by atoms with Crippen molar-refractivity contribution < 1.29 is 19.3 Å². The second-order valence-corrected chi connectivity index (χ2v) is 11.4. The molecule has 1 aromatic heterocycles. The number of aryl methyl sites for hydroxylation is 2. The van der Waals surface area contributed by atoms with Crippen LogP contribution in [0.15, 0.2) is 23.0 Å². The molecule has 38 heavy (non-hydrogen) atoms. The monoisotopic (exact) mass is 525 g/mol. The first kappa shape index (κ1) is 29.9. The predicted molar refractivity (Wildman–Crippen MR) is 154 cm³/mol. The van der Waals surface area contributed by atoms with Gasteiger partial charge in [0.2, 0.25) is 0 Å². The number of anilines is 1. The number of carbonyl (C=O) groups is 1. The molecule has 8 nitrogen and oxygen atoms in total. The van der Waals surface area contributed by atoms with Crippen LogP contribution in [0.3, 0.4) is 0 Å². The summed E-state index contributed by atoms with van der Waals surface area (Å²) in [5.41, 5.74) is 3.43. The fraction of sp³-hybridized carbons (Fsp3) is 0.586. The SMILES string of the molecule is CCN(c1cc(BOC(C)(C)C(C)(C)O)cc(C(=O)NCc2c(C)cc(C)[nH]c2=O)c1C)C1CCOCC1. The maximum Gasteiger partial charge on any atom is 0.309 e. The molecule has 1 aromatic carbocycles. The lowest BCUT2D eigenvalue weighted by Gasteiger charge is -2.38. The van der Waals surface area contributed by atoms with Crippen molar-refractivity contribution in [2.24, 2.45) is 0 Å². The van der Waals surface area contributed by atoms with E-state index < -0.39 is 11.2 Å². The number of H-pyrrole nitrogens is 1. The molecule has 2 aromatic rings.